The molecule has 0 bridgehead atoms. The van der Waals surface area contributed by atoms with Crippen LogP contribution >= 0.6 is 0 Å². The molecule has 0 unspecified atom stereocenters. The van der Waals surface area contributed by atoms with Gasteiger partial charge in [-0.1, -0.05) is 127 Å². The van der Waals surface area contributed by atoms with Crippen molar-refractivity contribution in [3.05, 3.63) is 205 Å². The summed E-state index contributed by atoms with van der Waals surface area (Å²) >= 11 is 0. The second-order valence-electron chi connectivity index (χ2n) is 14.9. The molecule has 5 aromatic heterocycles. The minimum Gasteiger partial charge on any atom is -0.309 e. The average molecular weight is 757 g/mol. The number of rotatable bonds is 5. The lowest BCUT2D eigenvalue weighted by Gasteiger charge is -2.13. The first-order valence-electron chi connectivity index (χ1n) is 19.7. The van der Waals surface area contributed by atoms with Crippen molar-refractivity contribution in [2.75, 3.05) is 0 Å². The topological polar surface area (TPSA) is 70.0 Å². The first kappa shape index (κ1) is 33.0. The summed E-state index contributed by atoms with van der Waals surface area (Å²) in [6, 6.07) is 64.9. The van der Waals surface area contributed by atoms with Gasteiger partial charge in [-0.25, -0.2) is 9.97 Å². The van der Waals surface area contributed by atoms with E-state index in [0.29, 0.717) is 28.2 Å². The number of hydrogen-bond donors (Lipinski definition) is 0. The predicted molar refractivity (Wildman–Crippen MR) is 240 cm³/mol. The highest BCUT2D eigenvalue weighted by Gasteiger charge is 2.20. The van der Waals surface area contributed by atoms with Crippen molar-refractivity contribution < 1.29 is 0 Å². The summed E-state index contributed by atoms with van der Waals surface area (Å²) in [5, 5.41) is 5.10. The van der Waals surface area contributed by atoms with E-state index in [0.717, 1.165) is 55.4 Å². The molecule has 0 amide bonds. The van der Waals surface area contributed by atoms with Crippen molar-refractivity contribution in [2.24, 2.45) is 0 Å². The monoisotopic (exact) mass is 756 g/mol. The van der Waals surface area contributed by atoms with E-state index in [1.807, 2.05) is 77.3 Å². The molecule has 0 fully saturated rings. The van der Waals surface area contributed by atoms with Gasteiger partial charge in [0, 0.05) is 50.6 Å². The van der Waals surface area contributed by atoms with Crippen molar-refractivity contribution in [2.45, 2.75) is 0 Å². The molecule has 0 spiro atoms. The molecule has 7 nitrogen and oxygen atoms in total. The minimum absolute atomic E-state index is 0.369. The average Bonchev–Trinajstić information content (AvgIpc) is 3.81. The van der Waals surface area contributed by atoms with Crippen LogP contribution in [0.5, 0.6) is 0 Å². The Hall–Kier alpha value is -8.16. The summed E-state index contributed by atoms with van der Waals surface area (Å²) in [5.41, 5.74) is 11.7. The van der Waals surface area contributed by atoms with E-state index in [1.54, 1.807) is 0 Å². The van der Waals surface area contributed by atoms with Gasteiger partial charge in [0.1, 0.15) is 11.0 Å². The second kappa shape index (κ2) is 12.9. The van der Waals surface area contributed by atoms with Crippen molar-refractivity contribution in [1.29, 1.82) is 0 Å². The van der Waals surface area contributed by atoms with E-state index in [1.165, 1.54) is 21.8 Å². The number of aromatic nitrogens is 6. The number of benzene rings is 7. The molecular weight excluding hydrogens is 725 g/mol. The highest BCUT2D eigenvalue weighted by atomic mass is 16.1. The second-order valence-corrected chi connectivity index (χ2v) is 14.9. The fraction of sp³-hybridized carbons (Fsp3) is 0. The largest absolute Gasteiger partial charge is 0.309 e. The van der Waals surface area contributed by atoms with Crippen LogP contribution < -0.4 is 5.56 Å². The molecule has 12 aromatic rings. The molecule has 0 aliphatic carbocycles. The first-order chi connectivity index (χ1) is 29.2. The maximum atomic E-state index is 14.0. The fourth-order valence-corrected chi connectivity index (χ4v) is 8.82. The lowest BCUT2D eigenvalue weighted by Crippen LogP contribution is -2.15. The lowest BCUT2D eigenvalue weighted by molar-refractivity contribution is 1.06. The third kappa shape index (κ3) is 5.15. The van der Waals surface area contributed by atoms with Gasteiger partial charge in [-0.15, -0.1) is 0 Å². The van der Waals surface area contributed by atoms with E-state index in [2.05, 4.69) is 135 Å². The standard InChI is InChI=1S/C52H32N6O/c59-52-48-49(33-14-4-1-5-15-33)54-50(34-16-6-2-7-17-34)55-51(48)56-29-28-38(32-47(56)53-52)58-44-23-13-11-21-40(44)42-31-36(25-27-46(42)58)35-24-26-45-41(30-35)39-20-10-12-22-43(39)57(45)37-18-8-3-9-19-37/h1-32H. The van der Waals surface area contributed by atoms with E-state index in [9.17, 15) is 4.79 Å². The molecule has 7 aromatic carbocycles. The van der Waals surface area contributed by atoms with Gasteiger partial charge < -0.3 is 9.13 Å². The summed E-state index contributed by atoms with van der Waals surface area (Å²) in [4.78, 5) is 28.6. The zero-order chi connectivity index (χ0) is 39.0. The maximum absolute atomic E-state index is 14.0. The van der Waals surface area contributed by atoms with Crippen molar-refractivity contribution in [1.82, 2.24) is 28.5 Å². The van der Waals surface area contributed by atoms with Crippen LogP contribution in [0.25, 0.3) is 105 Å². The lowest BCUT2D eigenvalue weighted by atomic mass is 10.0. The van der Waals surface area contributed by atoms with Gasteiger partial charge in [0.2, 0.25) is 0 Å². The van der Waals surface area contributed by atoms with Crippen LogP contribution in [0, 0.1) is 0 Å². The summed E-state index contributed by atoms with van der Waals surface area (Å²) < 4.78 is 6.50. The molecule has 59 heavy (non-hydrogen) atoms. The molecule has 12 rings (SSSR count). The van der Waals surface area contributed by atoms with Gasteiger partial charge in [0.25, 0.3) is 5.56 Å². The van der Waals surface area contributed by atoms with Crippen LogP contribution in [0.4, 0.5) is 0 Å². The molecule has 0 aliphatic heterocycles. The summed E-state index contributed by atoms with van der Waals surface area (Å²) in [7, 11) is 0. The predicted octanol–water partition coefficient (Wildman–Crippen LogP) is 11.8. The van der Waals surface area contributed by atoms with E-state index in [-0.39, 0.29) is 5.56 Å². The molecule has 0 aliphatic rings. The van der Waals surface area contributed by atoms with Gasteiger partial charge in [-0.05, 0) is 65.7 Å². The molecule has 0 N–H and O–H groups in total. The van der Waals surface area contributed by atoms with Crippen LogP contribution in [-0.2, 0) is 0 Å². The summed E-state index contributed by atoms with van der Waals surface area (Å²) in [5.74, 6) is 0.541. The molecule has 0 saturated heterocycles. The first-order valence-corrected chi connectivity index (χ1v) is 19.7. The number of fused-ring (bicyclic) bond motifs is 9. The Kier molecular flexibility index (Phi) is 7.24. The number of hydrogen-bond acceptors (Lipinski definition) is 4. The zero-order valence-electron chi connectivity index (χ0n) is 31.6. The van der Waals surface area contributed by atoms with Gasteiger partial charge in [-0.3, -0.25) is 9.20 Å². The van der Waals surface area contributed by atoms with Gasteiger partial charge in [0.05, 0.1) is 33.4 Å². The minimum atomic E-state index is -0.369. The zero-order valence-corrected chi connectivity index (χ0v) is 31.6. The molecule has 0 atom stereocenters. The van der Waals surface area contributed by atoms with Gasteiger partial charge in [0.15, 0.2) is 11.5 Å². The Balaban J connectivity index is 1.03. The van der Waals surface area contributed by atoms with Crippen molar-refractivity contribution >= 4 is 60.3 Å². The smallest absolute Gasteiger partial charge is 0.284 e. The SMILES string of the molecule is O=c1nc2cc(-n3c4ccccc4c4cc(-c5ccc6c(c5)c5ccccc5n6-c5ccccc5)ccc43)ccn2c2nc(-c3ccccc3)nc(-c3ccccc3)c12. The van der Waals surface area contributed by atoms with E-state index < -0.39 is 0 Å². The van der Waals surface area contributed by atoms with Crippen LogP contribution in [0.1, 0.15) is 0 Å². The van der Waals surface area contributed by atoms with Crippen molar-refractivity contribution in [3.8, 4) is 45.1 Å². The highest BCUT2D eigenvalue weighted by Crippen LogP contribution is 2.38. The third-order valence-electron chi connectivity index (χ3n) is 11.5. The van der Waals surface area contributed by atoms with Crippen molar-refractivity contribution in [3.63, 3.8) is 0 Å². The summed E-state index contributed by atoms with van der Waals surface area (Å²) in [6.45, 7) is 0. The van der Waals surface area contributed by atoms with Gasteiger partial charge in [-0.2, -0.15) is 4.98 Å². The molecule has 5 heterocycles. The molecule has 0 radical (unpaired) electrons. The van der Waals surface area contributed by atoms with Crippen LogP contribution in [0.15, 0.2) is 199 Å². The molecule has 7 heteroatoms. The Morgan fingerprint density at radius 2 is 0.915 bits per heavy atom. The Bertz CT molecular complexity index is 3680. The highest BCUT2D eigenvalue weighted by molar-refractivity contribution is 6.12. The third-order valence-corrected chi connectivity index (χ3v) is 11.5. The molecule has 276 valence electrons. The van der Waals surface area contributed by atoms with Crippen LogP contribution in [-0.4, -0.2) is 28.5 Å². The number of para-hydroxylation sites is 3. The Morgan fingerprint density at radius 1 is 0.390 bits per heavy atom. The van der Waals surface area contributed by atoms with Crippen LogP contribution in [0.2, 0.25) is 0 Å². The van der Waals surface area contributed by atoms with E-state index in [4.69, 9.17) is 9.97 Å². The number of pyridine rings is 1. The Morgan fingerprint density at radius 3 is 1.54 bits per heavy atom. The quantitative estimate of drug-likeness (QED) is 0.164. The van der Waals surface area contributed by atoms with Gasteiger partial charge >= 0.3 is 0 Å². The van der Waals surface area contributed by atoms with Crippen LogP contribution in [0.3, 0.4) is 0 Å². The molecule has 0 saturated carbocycles. The summed E-state index contributed by atoms with van der Waals surface area (Å²) in [6.07, 6.45) is 1.96. The fourth-order valence-electron chi connectivity index (χ4n) is 8.82. The maximum Gasteiger partial charge on any atom is 0.284 e. The normalized spacial score (nSPS) is 11.8. The number of nitrogens with zero attached hydrogens (tertiary/aromatic N) is 6. The van der Waals surface area contributed by atoms with E-state index >= 15 is 0 Å². The Labute approximate surface area is 337 Å². The molecular formula is C52H32N6O.